The Balaban J connectivity index is 1.78. The highest BCUT2D eigenvalue weighted by Crippen LogP contribution is 2.39. The van der Waals surface area contributed by atoms with Crippen LogP contribution in [-0.2, 0) is 9.59 Å². The number of amides is 2. The molecule has 1 heterocycles. The summed E-state index contributed by atoms with van der Waals surface area (Å²) in [6.45, 7) is 4.83. The van der Waals surface area contributed by atoms with Crippen LogP contribution in [0.5, 0.6) is 0 Å². The number of hydrogen-bond acceptors (Lipinski definition) is 2. The average molecular weight is 278 g/mol. The van der Waals surface area contributed by atoms with Crippen LogP contribution in [0.4, 0.5) is 0 Å². The van der Waals surface area contributed by atoms with Gasteiger partial charge in [0.15, 0.2) is 0 Å². The number of nitrogens with zero attached hydrogens (tertiary/aromatic N) is 1. The largest absolute Gasteiger partial charge is 0.340 e. The van der Waals surface area contributed by atoms with E-state index in [1.54, 1.807) is 0 Å². The van der Waals surface area contributed by atoms with E-state index in [4.69, 9.17) is 0 Å². The summed E-state index contributed by atoms with van der Waals surface area (Å²) in [5.41, 5.74) is -0.578. The summed E-state index contributed by atoms with van der Waals surface area (Å²) in [7, 11) is 0. The van der Waals surface area contributed by atoms with Gasteiger partial charge in [0.05, 0.1) is 0 Å². The Morgan fingerprint density at radius 1 is 1.25 bits per heavy atom. The zero-order valence-corrected chi connectivity index (χ0v) is 12.7. The van der Waals surface area contributed by atoms with E-state index in [1.807, 2.05) is 11.8 Å². The van der Waals surface area contributed by atoms with Crippen LogP contribution in [0.1, 0.15) is 58.8 Å². The second-order valence-electron chi connectivity index (χ2n) is 7.08. The van der Waals surface area contributed by atoms with Crippen molar-refractivity contribution >= 4 is 11.8 Å². The number of piperazine rings is 1. The molecule has 2 unspecified atom stereocenters. The van der Waals surface area contributed by atoms with Crippen LogP contribution in [0.25, 0.3) is 0 Å². The summed E-state index contributed by atoms with van der Waals surface area (Å²) >= 11 is 0. The summed E-state index contributed by atoms with van der Waals surface area (Å²) in [5.74, 6) is 1.50. The van der Waals surface area contributed by atoms with E-state index in [2.05, 4.69) is 12.2 Å². The second kappa shape index (κ2) is 5.05. The van der Waals surface area contributed by atoms with Crippen LogP contribution in [0.15, 0.2) is 0 Å². The molecule has 20 heavy (non-hydrogen) atoms. The van der Waals surface area contributed by atoms with Crippen molar-refractivity contribution in [3.63, 3.8) is 0 Å². The van der Waals surface area contributed by atoms with Gasteiger partial charge in [0.25, 0.3) is 0 Å². The smallest absolute Gasteiger partial charge is 0.249 e. The van der Waals surface area contributed by atoms with E-state index >= 15 is 0 Å². The normalized spacial score (nSPS) is 31.3. The van der Waals surface area contributed by atoms with Gasteiger partial charge in [0.2, 0.25) is 11.8 Å². The molecule has 2 atom stereocenters. The molecule has 0 aromatic carbocycles. The molecule has 3 rings (SSSR count). The molecule has 1 spiro atoms. The first-order valence-electron chi connectivity index (χ1n) is 8.16. The zero-order chi connectivity index (χ0) is 14.3. The minimum Gasteiger partial charge on any atom is -0.340 e. The number of carbonyl (C=O) groups is 2. The van der Waals surface area contributed by atoms with Crippen LogP contribution in [-0.4, -0.2) is 34.8 Å². The van der Waals surface area contributed by atoms with E-state index in [1.165, 1.54) is 19.3 Å². The first kappa shape index (κ1) is 13.9. The Kier molecular flexibility index (Phi) is 3.51. The monoisotopic (exact) mass is 278 g/mol. The van der Waals surface area contributed by atoms with Crippen LogP contribution in [0, 0.1) is 11.8 Å². The molecule has 112 valence electrons. The highest BCUT2D eigenvalue weighted by atomic mass is 16.2. The summed E-state index contributed by atoms with van der Waals surface area (Å²) in [6.07, 6.45) is 7.48. The number of nitrogens with one attached hydrogen (secondary N) is 1. The Hall–Kier alpha value is -1.06. The molecule has 4 heteroatoms. The second-order valence-corrected chi connectivity index (χ2v) is 7.08. The molecule has 3 aliphatic rings. The molecule has 0 radical (unpaired) electrons. The Bertz CT molecular complexity index is 411. The summed E-state index contributed by atoms with van der Waals surface area (Å²) in [5, 5.41) is 3.05. The Morgan fingerprint density at radius 2 is 1.90 bits per heavy atom. The van der Waals surface area contributed by atoms with Gasteiger partial charge in [-0.2, -0.15) is 0 Å². The maximum atomic E-state index is 12.9. The topological polar surface area (TPSA) is 49.4 Å². The van der Waals surface area contributed by atoms with E-state index < -0.39 is 5.54 Å². The SMILES string of the molecule is CC(CN1C(=O)C2(CCCCC2)NC(=O)C1C)C1CC1. The third kappa shape index (κ3) is 2.33. The standard InChI is InChI=1S/C16H26N2O2/c1-11(13-6-7-13)10-18-12(2)14(19)17-16(15(18)20)8-4-3-5-9-16/h11-13H,3-10H2,1-2H3,(H,17,19). The highest BCUT2D eigenvalue weighted by molar-refractivity contribution is 5.99. The van der Waals surface area contributed by atoms with Gasteiger partial charge in [-0.1, -0.05) is 26.2 Å². The number of rotatable bonds is 3. The average Bonchev–Trinajstić information content (AvgIpc) is 3.27. The van der Waals surface area contributed by atoms with Gasteiger partial charge in [-0.15, -0.1) is 0 Å². The number of carbonyl (C=O) groups excluding carboxylic acids is 2. The molecule has 2 saturated carbocycles. The third-order valence-corrected chi connectivity index (χ3v) is 5.50. The molecule has 1 aliphatic heterocycles. The van der Waals surface area contributed by atoms with E-state index in [9.17, 15) is 9.59 Å². The molecule has 1 saturated heterocycles. The van der Waals surface area contributed by atoms with Gasteiger partial charge in [-0.3, -0.25) is 9.59 Å². The van der Waals surface area contributed by atoms with Gasteiger partial charge < -0.3 is 10.2 Å². The van der Waals surface area contributed by atoms with Gasteiger partial charge in [-0.05, 0) is 44.4 Å². The maximum Gasteiger partial charge on any atom is 0.249 e. The summed E-state index contributed by atoms with van der Waals surface area (Å²) in [6, 6.07) is -0.309. The third-order valence-electron chi connectivity index (χ3n) is 5.50. The van der Waals surface area contributed by atoms with Gasteiger partial charge in [-0.25, -0.2) is 0 Å². The fourth-order valence-electron chi connectivity index (χ4n) is 3.85. The maximum absolute atomic E-state index is 12.9. The van der Waals surface area contributed by atoms with Crippen molar-refractivity contribution in [3.05, 3.63) is 0 Å². The molecule has 0 bridgehead atoms. The molecule has 1 N–H and O–H groups in total. The van der Waals surface area contributed by atoms with E-state index in [0.29, 0.717) is 5.92 Å². The first-order valence-corrected chi connectivity index (χ1v) is 8.16. The molecule has 2 aliphatic carbocycles. The predicted molar refractivity (Wildman–Crippen MR) is 77.0 cm³/mol. The van der Waals surface area contributed by atoms with Gasteiger partial charge in [0, 0.05) is 6.54 Å². The van der Waals surface area contributed by atoms with Crippen molar-refractivity contribution < 1.29 is 9.59 Å². The minimum absolute atomic E-state index is 0.0366. The fraction of sp³-hybridized carbons (Fsp3) is 0.875. The lowest BCUT2D eigenvalue weighted by Crippen LogP contribution is -2.70. The van der Waals surface area contributed by atoms with Gasteiger partial charge in [0.1, 0.15) is 11.6 Å². The lowest BCUT2D eigenvalue weighted by atomic mass is 9.78. The van der Waals surface area contributed by atoms with Crippen molar-refractivity contribution in [2.75, 3.05) is 6.54 Å². The van der Waals surface area contributed by atoms with E-state index in [0.717, 1.165) is 38.1 Å². The van der Waals surface area contributed by atoms with Crippen molar-refractivity contribution in [1.82, 2.24) is 10.2 Å². The molecule has 3 fully saturated rings. The van der Waals surface area contributed by atoms with Crippen molar-refractivity contribution in [3.8, 4) is 0 Å². The molecular formula is C16H26N2O2. The Morgan fingerprint density at radius 3 is 2.50 bits per heavy atom. The molecule has 0 aromatic rings. The lowest BCUT2D eigenvalue weighted by molar-refractivity contribution is -0.156. The summed E-state index contributed by atoms with van der Waals surface area (Å²) < 4.78 is 0. The van der Waals surface area contributed by atoms with Crippen molar-refractivity contribution in [1.29, 1.82) is 0 Å². The van der Waals surface area contributed by atoms with Gasteiger partial charge >= 0.3 is 0 Å². The molecule has 4 nitrogen and oxygen atoms in total. The molecule has 0 aromatic heterocycles. The van der Waals surface area contributed by atoms with E-state index in [-0.39, 0.29) is 17.9 Å². The fourth-order valence-corrected chi connectivity index (χ4v) is 3.85. The van der Waals surface area contributed by atoms with Crippen molar-refractivity contribution in [2.45, 2.75) is 70.4 Å². The quantitative estimate of drug-likeness (QED) is 0.859. The van der Waals surface area contributed by atoms with Crippen LogP contribution in [0.2, 0.25) is 0 Å². The van der Waals surface area contributed by atoms with Crippen LogP contribution < -0.4 is 5.32 Å². The lowest BCUT2D eigenvalue weighted by Gasteiger charge is -2.47. The summed E-state index contributed by atoms with van der Waals surface area (Å²) in [4.78, 5) is 27.1. The zero-order valence-electron chi connectivity index (χ0n) is 12.7. The predicted octanol–water partition coefficient (Wildman–Crippen LogP) is 2.08. The first-order chi connectivity index (χ1) is 9.53. The number of hydrogen-bond donors (Lipinski definition) is 1. The Labute approximate surface area is 121 Å². The van der Waals surface area contributed by atoms with Crippen molar-refractivity contribution in [2.24, 2.45) is 11.8 Å². The minimum atomic E-state index is -0.578. The van der Waals surface area contributed by atoms with Crippen LogP contribution >= 0.6 is 0 Å². The molecule has 2 amide bonds. The molecular weight excluding hydrogens is 252 g/mol. The highest BCUT2D eigenvalue weighted by Gasteiger charge is 2.50. The van der Waals surface area contributed by atoms with Crippen LogP contribution in [0.3, 0.4) is 0 Å².